The molecule has 0 unspecified atom stereocenters. The second-order valence-corrected chi connectivity index (χ2v) is 11.1. The monoisotopic (exact) mass is 465 g/mol. The Hall–Kier alpha value is -3.35. The number of aliphatic hydroxyl groups is 1. The van der Waals surface area contributed by atoms with Crippen molar-refractivity contribution in [3.05, 3.63) is 59.7 Å². The highest BCUT2D eigenvalue weighted by molar-refractivity contribution is 6.31. The van der Waals surface area contributed by atoms with Crippen LogP contribution in [0.5, 0.6) is 0 Å². The van der Waals surface area contributed by atoms with Crippen molar-refractivity contribution in [1.82, 2.24) is 14.5 Å². The number of fused-ring (bicyclic) bond motifs is 13. The van der Waals surface area contributed by atoms with E-state index in [9.17, 15) is 9.90 Å². The first-order valence-electron chi connectivity index (χ1n) is 12.5. The Kier molecular flexibility index (Phi) is 3.45. The largest absolute Gasteiger partial charge is 0.385 e. The fraction of sp³-hybridized carbons (Fsp3) is 0.345. The maximum absolute atomic E-state index is 13.3. The fourth-order valence-electron chi connectivity index (χ4n) is 7.47. The van der Waals surface area contributed by atoms with Gasteiger partial charge in [-0.25, -0.2) is 0 Å². The van der Waals surface area contributed by atoms with Crippen molar-refractivity contribution in [2.75, 3.05) is 0 Å². The molecule has 3 aliphatic heterocycles. The number of carbonyl (C=O) groups excluding carboxylic acids is 1. The molecule has 5 aromatic rings. The van der Waals surface area contributed by atoms with E-state index >= 15 is 0 Å². The second-order valence-electron chi connectivity index (χ2n) is 11.1. The summed E-state index contributed by atoms with van der Waals surface area (Å²) in [4.78, 5) is 13.3. The Morgan fingerprint density at radius 3 is 2.49 bits per heavy atom. The predicted octanol–water partition coefficient (Wildman–Crippen LogP) is 5.53. The van der Waals surface area contributed by atoms with Crippen LogP contribution in [-0.2, 0) is 17.0 Å². The maximum atomic E-state index is 13.3. The quantitative estimate of drug-likeness (QED) is 0.360. The van der Waals surface area contributed by atoms with Crippen LogP contribution in [0.15, 0.2) is 48.5 Å². The van der Waals surface area contributed by atoms with Gasteiger partial charge in [0.1, 0.15) is 11.8 Å². The van der Waals surface area contributed by atoms with Crippen molar-refractivity contribution >= 4 is 49.5 Å². The van der Waals surface area contributed by atoms with Crippen LogP contribution in [0.1, 0.15) is 55.8 Å². The molecule has 0 radical (unpaired) electrons. The molecule has 1 saturated heterocycles. The fourth-order valence-corrected chi connectivity index (χ4v) is 7.47. The van der Waals surface area contributed by atoms with Crippen LogP contribution in [0.3, 0.4) is 0 Å². The van der Waals surface area contributed by atoms with E-state index in [0.29, 0.717) is 25.3 Å². The highest BCUT2D eigenvalue weighted by atomic mass is 16.6. The van der Waals surface area contributed by atoms with Gasteiger partial charge < -0.3 is 24.3 Å². The normalized spacial score (nSPS) is 27.1. The molecule has 6 heteroatoms. The van der Waals surface area contributed by atoms with Gasteiger partial charge >= 0.3 is 0 Å². The number of rotatable bonds is 2. The molecule has 8 rings (SSSR count). The molecule has 6 nitrogen and oxygen atoms in total. The summed E-state index contributed by atoms with van der Waals surface area (Å²) < 4.78 is 11.5. The molecule has 0 saturated carbocycles. The Labute approximate surface area is 202 Å². The summed E-state index contributed by atoms with van der Waals surface area (Å²) in [5, 5.41) is 19.7. The van der Waals surface area contributed by atoms with Crippen LogP contribution in [0.25, 0.3) is 43.6 Å². The van der Waals surface area contributed by atoms with Gasteiger partial charge in [-0.15, -0.1) is 0 Å². The van der Waals surface area contributed by atoms with Crippen molar-refractivity contribution in [1.29, 1.82) is 0 Å². The first kappa shape index (κ1) is 19.9. The van der Waals surface area contributed by atoms with Crippen LogP contribution in [0.2, 0.25) is 0 Å². The summed E-state index contributed by atoms with van der Waals surface area (Å²) >= 11 is 0. The lowest BCUT2D eigenvalue weighted by molar-refractivity contribution is -0.182. The van der Waals surface area contributed by atoms with Crippen LogP contribution < -0.4 is 5.32 Å². The minimum Gasteiger partial charge on any atom is -0.385 e. The van der Waals surface area contributed by atoms with Crippen molar-refractivity contribution in [2.24, 2.45) is 5.92 Å². The van der Waals surface area contributed by atoms with Crippen molar-refractivity contribution in [2.45, 2.75) is 57.7 Å². The Morgan fingerprint density at radius 2 is 1.74 bits per heavy atom. The van der Waals surface area contributed by atoms with Gasteiger partial charge in [0.05, 0.1) is 27.6 Å². The summed E-state index contributed by atoms with van der Waals surface area (Å²) in [5.41, 5.74) is 3.98. The third-order valence-corrected chi connectivity index (χ3v) is 8.72. The summed E-state index contributed by atoms with van der Waals surface area (Å²) in [6, 6.07) is 16.6. The van der Waals surface area contributed by atoms with Crippen molar-refractivity contribution in [3.63, 3.8) is 0 Å². The van der Waals surface area contributed by atoms with Gasteiger partial charge in [0.15, 0.2) is 5.72 Å². The molecule has 1 amide bonds. The van der Waals surface area contributed by atoms with Gasteiger partial charge in [-0.3, -0.25) is 4.79 Å². The molecule has 3 aromatic carbocycles. The molecule has 1 fully saturated rings. The average Bonchev–Trinajstić information content (AvgIpc) is 3.50. The summed E-state index contributed by atoms with van der Waals surface area (Å²) in [5.74, 6) is 0.292. The summed E-state index contributed by atoms with van der Waals surface area (Å²) in [7, 11) is 0. The number of aromatic nitrogens is 2. The van der Waals surface area contributed by atoms with E-state index in [1.54, 1.807) is 0 Å². The lowest BCUT2D eigenvalue weighted by Crippen LogP contribution is -2.51. The standard InChI is InChI=1S/C29H27N3O3/c1-15(2)12-29(34)13-21-31-19-10-6-4-8-16(19)23-24-18(14-30-27(24)33)22-17-9-5-7-11-20(17)32(26(22)25(23)31)28(29,3)35-21/h4-11,15,21,34H,12-14H2,1-3H3,(H,30,33)/t21-,28-,29+/m0/s1. The van der Waals surface area contributed by atoms with Crippen LogP contribution >= 0.6 is 0 Å². The SMILES string of the molecule is CC(C)C[C@@]1(O)C[C@@H]2O[C@]1(C)n1c3ccccc3c3c4c(c5c6ccccc6n2c5c31)C(=O)NC4. The minimum absolute atomic E-state index is 0.0144. The predicted molar refractivity (Wildman–Crippen MR) is 136 cm³/mol. The zero-order valence-corrected chi connectivity index (χ0v) is 20.1. The number of amides is 1. The molecular weight excluding hydrogens is 438 g/mol. The van der Waals surface area contributed by atoms with Gasteiger partial charge in [-0.2, -0.15) is 0 Å². The van der Waals surface area contributed by atoms with Crippen LogP contribution in [0, 0.1) is 5.92 Å². The van der Waals surface area contributed by atoms with Crippen molar-refractivity contribution in [3.8, 4) is 0 Å². The Balaban J connectivity index is 1.70. The molecule has 3 atom stereocenters. The van der Waals surface area contributed by atoms with Crippen LogP contribution in [-0.4, -0.2) is 25.7 Å². The zero-order valence-electron chi connectivity index (χ0n) is 20.1. The van der Waals surface area contributed by atoms with E-state index in [1.807, 2.05) is 18.2 Å². The van der Waals surface area contributed by atoms with E-state index in [0.717, 1.165) is 54.7 Å². The number of ether oxygens (including phenoxy) is 1. The summed E-state index contributed by atoms with van der Waals surface area (Å²) in [6.45, 7) is 6.87. The van der Waals surface area contributed by atoms with Crippen molar-refractivity contribution < 1.29 is 14.6 Å². The van der Waals surface area contributed by atoms with Gasteiger partial charge in [0.2, 0.25) is 0 Å². The number of hydrogen-bond acceptors (Lipinski definition) is 3. The lowest BCUT2D eigenvalue weighted by Gasteiger charge is -2.41. The van der Waals surface area contributed by atoms with E-state index in [1.165, 1.54) is 0 Å². The summed E-state index contributed by atoms with van der Waals surface area (Å²) in [6.07, 6.45) is 0.790. The molecule has 5 heterocycles. The molecule has 35 heavy (non-hydrogen) atoms. The van der Waals surface area contributed by atoms with E-state index < -0.39 is 11.3 Å². The molecule has 0 aliphatic carbocycles. The average molecular weight is 466 g/mol. The third-order valence-electron chi connectivity index (χ3n) is 8.72. The Morgan fingerprint density at radius 1 is 1.06 bits per heavy atom. The number of benzene rings is 3. The maximum Gasteiger partial charge on any atom is 0.252 e. The topological polar surface area (TPSA) is 68.4 Å². The number of nitrogens with one attached hydrogen (secondary N) is 1. The number of carbonyl (C=O) groups is 1. The zero-order chi connectivity index (χ0) is 23.9. The van der Waals surface area contributed by atoms with E-state index in [4.69, 9.17) is 4.74 Å². The molecule has 3 aliphatic rings. The number of para-hydroxylation sites is 2. The third kappa shape index (κ3) is 2.09. The smallest absolute Gasteiger partial charge is 0.252 e. The van der Waals surface area contributed by atoms with Gasteiger partial charge in [-0.1, -0.05) is 50.2 Å². The molecule has 0 spiro atoms. The number of nitrogens with zero attached hydrogens (tertiary/aromatic N) is 2. The first-order valence-corrected chi connectivity index (χ1v) is 12.5. The number of hydrogen-bond donors (Lipinski definition) is 2. The van der Waals surface area contributed by atoms with Crippen LogP contribution in [0.4, 0.5) is 0 Å². The molecule has 2 aromatic heterocycles. The molecular formula is C29H27N3O3. The van der Waals surface area contributed by atoms with Gasteiger partial charge in [-0.05, 0) is 37.0 Å². The second kappa shape index (κ2) is 6.07. The highest BCUT2D eigenvalue weighted by Gasteiger charge is 2.60. The van der Waals surface area contributed by atoms with Gasteiger partial charge in [0, 0.05) is 34.5 Å². The molecule has 176 valence electrons. The minimum atomic E-state index is -1.05. The lowest BCUT2D eigenvalue weighted by atomic mass is 9.82. The highest BCUT2D eigenvalue weighted by Crippen LogP contribution is 2.58. The molecule has 2 N–H and O–H groups in total. The molecule has 2 bridgehead atoms. The Bertz CT molecular complexity index is 1780. The first-order chi connectivity index (χ1) is 16.8. The van der Waals surface area contributed by atoms with E-state index in [2.05, 4.69) is 65.6 Å². The van der Waals surface area contributed by atoms with E-state index in [-0.39, 0.29) is 12.1 Å². The van der Waals surface area contributed by atoms with Gasteiger partial charge in [0.25, 0.3) is 5.91 Å².